The lowest BCUT2D eigenvalue weighted by Crippen LogP contribution is -2.40. The number of benzene rings is 1. The molecular weight excluding hydrogens is 252 g/mol. The van der Waals surface area contributed by atoms with Gasteiger partial charge in [0.15, 0.2) is 0 Å². The SMILES string of the molecule is CC1CC(C(=O)Nc2cccc(CCCO)c2)CCN1. The smallest absolute Gasteiger partial charge is 0.227 e. The number of carbonyl (C=O) groups excluding carboxylic acids is 1. The van der Waals surface area contributed by atoms with Crippen molar-refractivity contribution in [3.63, 3.8) is 0 Å². The first-order chi connectivity index (χ1) is 9.69. The standard InChI is InChI=1S/C16H24N2O2/c1-12-10-14(7-8-17-12)16(20)18-15-6-2-4-13(11-15)5-3-9-19/h2,4,6,11-12,14,17,19H,3,5,7-10H2,1H3,(H,18,20). The third-order valence-electron chi connectivity index (χ3n) is 3.81. The largest absolute Gasteiger partial charge is 0.396 e. The van der Waals surface area contributed by atoms with Gasteiger partial charge in [-0.25, -0.2) is 0 Å². The fraction of sp³-hybridized carbons (Fsp3) is 0.562. The van der Waals surface area contributed by atoms with Crippen LogP contribution in [0.5, 0.6) is 0 Å². The van der Waals surface area contributed by atoms with Gasteiger partial charge >= 0.3 is 0 Å². The zero-order valence-electron chi connectivity index (χ0n) is 12.1. The quantitative estimate of drug-likeness (QED) is 0.770. The van der Waals surface area contributed by atoms with E-state index in [4.69, 9.17) is 5.11 Å². The third-order valence-corrected chi connectivity index (χ3v) is 3.81. The summed E-state index contributed by atoms with van der Waals surface area (Å²) in [5.41, 5.74) is 2.01. The van der Waals surface area contributed by atoms with Gasteiger partial charge in [0.05, 0.1) is 0 Å². The van der Waals surface area contributed by atoms with Crippen molar-refractivity contribution in [3.05, 3.63) is 29.8 Å². The Labute approximate surface area is 120 Å². The lowest BCUT2D eigenvalue weighted by molar-refractivity contribution is -0.120. The Hall–Kier alpha value is -1.39. The van der Waals surface area contributed by atoms with Gasteiger partial charge < -0.3 is 15.7 Å². The second-order valence-electron chi connectivity index (χ2n) is 5.59. The Morgan fingerprint density at radius 3 is 3.10 bits per heavy atom. The van der Waals surface area contributed by atoms with E-state index >= 15 is 0 Å². The number of aliphatic hydroxyl groups excluding tert-OH is 1. The summed E-state index contributed by atoms with van der Waals surface area (Å²) in [5.74, 6) is 0.227. The van der Waals surface area contributed by atoms with Gasteiger partial charge in [-0.1, -0.05) is 12.1 Å². The summed E-state index contributed by atoms with van der Waals surface area (Å²) in [4.78, 5) is 12.3. The fourth-order valence-electron chi connectivity index (χ4n) is 2.70. The molecule has 0 radical (unpaired) electrons. The van der Waals surface area contributed by atoms with Crippen LogP contribution in [0.1, 0.15) is 31.7 Å². The molecule has 1 aliphatic rings. The van der Waals surface area contributed by atoms with E-state index in [1.54, 1.807) is 0 Å². The highest BCUT2D eigenvalue weighted by molar-refractivity contribution is 5.92. The number of aryl methyl sites for hydroxylation is 1. The molecule has 0 spiro atoms. The van der Waals surface area contributed by atoms with Crippen molar-refractivity contribution in [2.24, 2.45) is 5.92 Å². The minimum absolute atomic E-state index is 0.104. The molecule has 4 nitrogen and oxygen atoms in total. The molecule has 0 aliphatic carbocycles. The number of carbonyl (C=O) groups is 1. The first-order valence-corrected chi connectivity index (χ1v) is 7.43. The third kappa shape index (κ3) is 4.32. The molecule has 1 aliphatic heterocycles. The van der Waals surface area contributed by atoms with Crippen molar-refractivity contribution in [2.75, 3.05) is 18.5 Å². The van der Waals surface area contributed by atoms with Crippen LogP contribution in [0.3, 0.4) is 0 Å². The Kier molecular flexibility index (Phi) is 5.56. The molecule has 2 unspecified atom stereocenters. The number of piperidine rings is 1. The van der Waals surface area contributed by atoms with Gasteiger partial charge in [0, 0.05) is 24.3 Å². The molecule has 1 aromatic rings. The predicted octanol–water partition coefficient (Wildman–Crippen LogP) is 1.94. The monoisotopic (exact) mass is 276 g/mol. The Bertz CT molecular complexity index is 448. The minimum atomic E-state index is 0.104. The molecule has 0 aromatic heterocycles. The van der Waals surface area contributed by atoms with Crippen LogP contribution in [0.25, 0.3) is 0 Å². The fourth-order valence-corrected chi connectivity index (χ4v) is 2.70. The van der Waals surface area contributed by atoms with E-state index in [2.05, 4.69) is 17.6 Å². The molecule has 110 valence electrons. The second-order valence-corrected chi connectivity index (χ2v) is 5.59. The zero-order chi connectivity index (χ0) is 14.4. The highest BCUT2D eigenvalue weighted by Crippen LogP contribution is 2.19. The molecule has 3 N–H and O–H groups in total. The van der Waals surface area contributed by atoms with E-state index in [1.165, 1.54) is 0 Å². The molecule has 1 fully saturated rings. The Morgan fingerprint density at radius 1 is 1.50 bits per heavy atom. The highest BCUT2D eigenvalue weighted by atomic mass is 16.2. The van der Waals surface area contributed by atoms with Crippen LogP contribution in [0.2, 0.25) is 0 Å². The molecule has 1 saturated heterocycles. The molecule has 1 amide bonds. The summed E-state index contributed by atoms with van der Waals surface area (Å²) in [6, 6.07) is 8.31. The van der Waals surface area contributed by atoms with Crippen LogP contribution in [-0.4, -0.2) is 30.2 Å². The van der Waals surface area contributed by atoms with Gasteiger partial charge in [0.2, 0.25) is 5.91 Å². The molecule has 4 heteroatoms. The van der Waals surface area contributed by atoms with Crippen molar-refractivity contribution in [1.82, 2.24) is 5.32 Å². The average molecular weight is 276 g/mol. The van der Waals surface area contributed by atoms with Crippen molar-refractivity contribution >= 4 is 11.6 Å². The maximum atomic E-state index is 12.3. The molecule has 2 atom stereocenters. The summed E-state index contributed by atoms with van der Waals surface area (Å²) in [5, 5.41) is 15.2. The molecular formula is C16H24N2O2. The van der Waals surface area contributed by atoms with Crippen molar-refractivity contribution in [1.29, 1.82) is 0 Å². The van der Waals surface area contributed by atoms with Crippen LogP contribution in [0, 0.1) is 5.92 Å². The number of nitrogens with one attached hydrogen (secondary N) is 2. The van der Waals surface area contributed by atoms with Crippen LogP contribution in [0.4, 0.5) is 5.69 Å². The van der Waals surface area contributed by atoms with Gasteiger partial charge in [-0.3, -0.25) is 4.79 Å². The van der Waals surface area contributed by atoms with Gasteiger partial charge in [-0.15, -0.1) is 0 Å². The first-order valence-electron chi connectivity index (χ1n) is 7.43. The lowest BCUT2D eigenvalue weighted by Gasteiger charge is -2.27. The van der Waals surface area contributed by atoms with Crippen molar-refractivity contribution in [3.8, 4) is 0 Å². The number of aliphatic hydroxyl groups is 1. The van der Waals surface area contributed by atoms with E-state index in [-0.39, 0.29) is 18.4 Å². The van der Waals surface area contributed by atoms with Gasteiger partial charge in [0.1, 0.15) is 0 Å². The predicted molar refractivity (Wildman–Crippen MR) is 80.7 cm³/mol. The summed E-state index contributed by atoms with van der Waals surface area (Å²) in [6.07, 6.45) is 3.39. The zero-order valence-corrected chi connectivity index (χ0v) is 12.1. The summed E-state index contributed by atoms with van der Waals surface area (Å²) < 4.78 is 0. The summed E-state index contributed by atoms with van der Waals surface area (Å²) >= 11 is 0. The molecule has 20 heavy (non-hydrogen) atoms. The highest BCUT2D eigenvalue weighted by Gasteiger charge is 2.24. The number of rotatable bonds is 5. The van der Waals surface area contributed by atoms with Crippen LogP contribution >= 0.6 is 0 Å². The van der Waals surface area contributed by atoms with E-state index in [9.17, 15) is 4.79 Å². The number of anilines is 1. The van der Waals surface area contributed by atoms with E-state index in [1.807, 2.05) is 24.3 Å². The molecule has 1 heterocycles. The van der Waals surface area contributed by atoms with Gasteiger partial charge in [-0.05, 0) is 56.8 Å². The first kappa shape index (κ1) is 15.0. The lowest BCUT2D eigenvalue weighted by atomic mass is 9.92. The molecule has 1 aromatic carbocycles. The van der Waals surface area contributed by atoms with E-state index in [0.717, 1.165) is 43.5 Å². The topological polar surface area (TPSA) is 61.4 Å². The summed E-state index contributed by atoms with van der Waals surface area (Å²) in [7, 11) is 0. The minimum Gasteiger partial charge on any atom is -0.396 e. The van der Waals surface area contributed by atoms with Gasteiger partial charge in [0.25, 0.3) is 0 Å². The van der Waals surface area contributed by atoms with Crippen molar-refractivity contribution < 1.29 is 9.90 Å². The normalized spacial score (nSPS) is 22.5. The molecule has 2 rings (SSSR count). The number of hydrogen-bond acceptors (Lipinski definition) is 3. The van der Waals surface area contributed by atoms with Crippen molar-refractivity contribution in [2.45, 2.75) is 38.6 Å². The van der Waals surface area contributed by atoms with Crippen LogP contribution < -0.4 is 10.6 Å². The molecule has 0 saturated carbocycles. The number of hydrogen-bond donors (Lipinski definition) is 3. The summed E-state index contributed by atoms with van der Waals surface area (Å²) in [6.45, 7) is 3.23. The van der Waals surface area contributed by atoms with Gasteiger partial charge in [-0.2, -0.15) is 0 Å². The van der Waals surface area contributed by atoms with Crippen LogP contribution in [-0.2, 0) is 11.2 Å². The maximum absolute atomic E-state index is 12.3. The number of amides is 1. The maximum Gasteiger partial charge on any atom is 0.227 e. The van der Waals surface area contributed by atoms with E-state index in [0.29, 0.717) is 6.04 Å². The second kappa shape index (κ2) is 7.41. The van der Waals surface area contributed by atoms with E-state index < -0.39 is 0 Å². The Morgan fingerprint density at radius 2 is 2.35 bits per heavy atom. The average Bonchev–Trinajstić information content (AvgIpc) is 2.45. The molecule has 0 bridgehead atoms. The Balaban J connectivity index is 1.93. The van der Waals surface area contributed by atoms with Crippen LogP contribution in [0.15, 0.2) is 24.3 Å².